The summed E-state index contributed by atoms with van der Waals surface area (Å²) in [4.78, 5) is 0. The molecule has 108 valence electrons. The molecule has 0 aliphatic carbocycles. The van der Waals surface area contributed by atoms with Gasteiger partial charge in [-0.05, 0) is 43.9 Å². The van der Waals surface area contributed by atoms with Crippen LogP contribution in [0.25, 0.3) is 0 Å². The zero-order valence-electron chi connectivity index (χ0n) is 12.1. The van der Waals surface area contributed by atoms with Gasteiger partial charge >= 0.3 is 0 Å². The summed E-state index contributed by atoms with van der Waals surface area (Å²) in [6.45, 7) is 3.33. The number of rotatable bonds is 7. The van der Waals surface area contributed by atoms with E-state index in [4.69, 9.17) is 0 Å². The summed E-state index contributed by atoms with van der Waals surface area (Å²) >= 11 is 0. The Labute approximate surface area is 128 Å². The third kappa shape index (κ3) is 6.23. The van der Waals surface area contributed by atoms with Crippen molar-refractivity contribution < 1.29 is 0 Å². The SMILES string of the molecule is CC(CCc1ccccc1)NCCc1ccccc1.Cl. The highest BCUT2D eigenvalue weighted by Crippen LogP contribution is 2.05. The van der Waals surface area contributed by atoms with Gasteiger partial charge in [-0.1, -0.05) is 60.7 Å². The zero-order chi connectivity index (χ0) is 13.3. The Balaban J connectivity index is 0.00000200. The van der Waals surface area contributed by atoms with Gasteiger partial charge in [0.15, 0.2) is 0 Å². The minimum absolute atomic E-state index is 0. The molecule has 0 saturated carbocycles. The van der Waals surface area contributed by atoms with Gasteiger partial charge in [0.1, 0.15) is 0 Å². The molecule has 2 aromatic rings. The lowest BCUT2D eigenvalue weighted by atomic mass is 10.1. The predicted octanol–water partition coefficient (Wildman–Crippen LogP) is 4.26. The number of benzene rings is 2. The van der Waals surface area contributed by atoms with Crippen LogP contribution in [0.1, 0.15) is 24.5 Å². The molecule has 0 aliphatic rings. The predicted molar refractivity (Wildman–Crippen MR) is 89.6 cm³/mol. The number of aryl methyl sites for hydroxylation is 1. The van der Waals surface area contributed by atoms with Crippen LogP contribution >= 0.6 is 12.4 Å². The van der Waals surface area contributed by atoms with E-state index in [0.717, 1.165) is 19.4 Å². The summed E-state index contributed by atoms with van der Waals surface area (Å²) in [7, 11) is 0. The lowest BCUT2D eigenvalue weighted by molar-refractivity contribution is 0.517. The molecule has 1 nitrogen and oxygen atoms in total. The van der Waals surface area contributed by atoms with Crippen molar-refractivity contribution in [1.29, 1.82) is 0 Å². The zero-order valence-corrected chi connectivity index (χ0v) is 12.9. The highest BCUT2D eigenvalue weighted by atomic mass is 35.5. The van der Waals surface area contributed by atoms with Gasteiger partial charge in [0.25, 0.3) is 0 Å². The van der Waals surface area contributed by atoms with Gasteiger partial charge in [-0.3, -0.25) is 0 Å². The molecule has 0 spiro atoms. The quantitative estimate of drug-likeness (QED) is 0.803. The Hall–Kier alpha value is -1.31. The molecule has 1 N–H and O–H groups in total. The second-order valence-corrected chi connectivity index (χ2v) is 5.12. The molecule has 2 heteroatoms. The Morgan fingerprint density at radius 3 is 1.85 bits per heavy atom. The molecule has 0 heterocycles. The fourth-order valence-corrected chi connectivity index (χ4v) is 2.24. The average molecular weight is 290 g/mol. The Kier molecular flexibility index (Phi) is 8.01. The molecule has 2 aromatic carbocycles. The van der Waals surface area contributed by atoms with Gasteiger partial charge in [-0.15, -0.1) is 12.4 Å². The molecule has 0 radical (unpaired) electrons. The van der Waals surface area contributed by atoms with Gasteiger partial charge in [-0.25, -0.2) is 0 Å². The van der Waals surface area contributed by atoms with Crippen molar-refractivity contribution in [3.8, 4) is 0 Å². The Morgan fingerprint density at radius 1 is 0.800 bits per heavy atom. The van der Waals surface area contributed by atoms with Crippen molar-refractivity contribution in [3.05, 3.63) is 71.8 Å². The topological polar surface area (TPSA) is 12.0 Å². The van der Waals surface area contributed by atoms with Crippen molar-refractivity contribution in [2.24, 2.45) is 0 Å². The van der Waals surface area contributed by atoms with Crippen LogP contribution in [-0.4, -0.2) is 12.6 Å². The van der Waals surface area contributed by atoms with E-state index >= 15 is 0 Å². The first-order valence-corrected chi connectivity index (χ1v) is 7.16. The molecular formula is C18H24ClN. The molecule has 0 aliphatic heterocycles. The van der Waals surface area contributed by atoms with Gasteiger partial charge in [-0.2, -0.15) is 0 Å². The largest absolute Gasteiger partial charge is 0.314 e. The molecule has 0 saturated heterocycles. The molecule has 0 fully saturated rings. The van der Waals surface area contributed by atoms with E-state index in [-0.39, 0.29) is 12.4 Å². The molecule has 1 atom stereocenters. The van der Waals surface area contributed by atoms with Gasteiger partial charge in [0, 0.05) is 6.04 Å². The maximum Gasteiger partial charge on any atom is 0.00420 e. The van der Waals surface area contributed by atoms with Crippen molar-refractivity contribution >= 4 is 12.4 Å². The summed E-state index contributed by atoms with van der Waals surface area (Å²) in [5, 5.41) is 3.60. The summed E-state index contributed by atoms with van der Waals surface area (Å²) in [6.07, 6.45) is 3.45. The summed E-state index contributed by atoms with van der Waals surface area (Å²) < 4.78 is 0. The van der Waals surface area contributed by atoms with E-state index < -0.39 is 0 Å². The van der Waals surface area contributed by atoms with E-state index in [9.17, 15) is 0 Å². The van der Waals surface area contributed by atoms with Crippen LogP contribution in [0, 0.1) is 0 Å². The van der Waals surface area contributed by atoms with Crippen LogP contribution in [0.15, 0.2) is 60.7 Å². The van der Waals surface area contributed by atoms with Crippen LogP contribution in [0.3, 0.4) is 0 Å². The van der Waals surface area contributed by atoms with Crippen LogP contribution in [0.5, 0.6) is 0 Å². The lowest BCUT2D eigenvalue weighted by Gasteiger charge is -2.13. The first-order valence-electron chi connectivity index (χ1n) is 7.16. The minimum Gasteiger partial charge on any atom is -0.314 e. The van der Waals surface area contributed by atoms with E-state index in [0.29, 0.717) is 6.04 Å². The maximum absolute atomic E-state index is 3.60. The Bertz CT molecular complexity index is 455. The van der Waals surface area contributed by atoms with Crippen LogP contribution in [0.2, 0.25) is 0 Å². The van der Waals surface area contributed by atoms with Crippen molar-refractivity contribution in [1.82, 2.24) is 5.32 Å². The van der Waals surface area contributed by atoms with Crippen molar-refractivity contribution in [2.75, 3.05) is 6.54 Å². The first-order chi connectivity index (χ1) is 9.34. The standard InChI is InChI=1S/C18H23N.ClH/c1-16(12-13-17-8-4-2-5-9-17)19-15-14-18-10-6-3-7-11-18;/h2-11,16,19H,12-15H2,1H3;1H. The second kappa shape index (κ2) is 9.57. The van der Waals surface area contributed by atoms with Gasteiger partial charge < -0.3 is 5.32 Å². The van der Waals surface area contributed by atoms with E-state index in [1.165, 1.54) is 17.5 Å². The molecule has 2 rings (SSSR count). The molecule has 0 amide bonds. The highest BCUT2D eigenvalue weighted by Gasteiger charge is 2.01. The normalized spacial score (nSPS) is 11.7. The summed E-state index contributed by atoms with van der Waals surface area (Å²) in [6, 6.07) is 21.9. The van der Waals surface area contributed by atoms with Crippen molar-refractivity contribution in [3.63, 3.8) is 0 Å². The number of nitrogens with one attached hydrogen (secondary N) is 1. The van der Waals surface area contributed by atoms with Gasteiger partial charge in [0.05, 0.1) is 0 Å². The van der Waals surface area contributed by atoms with Crippen LogP contribution < -0.4 is 5.32 Å². The number of hydrogen-bond donors (Lipinski definition) is 1. The monoisotopic (exact) mass is 289 g/mol. The fraction of sp³-hybridized carbons (Fsp3) is 0.333. The maximum atomic E-state index is 3.60. The number of hydrogen-bond acceptors (Lipinski definition) is 1. The summed E-state index contributed by atoms with van der Waals surface area (Å²) in [5.74, 6) is 0. The number of halogens is 1. The average Bonchev–Trinajstić information content (AvgIpc) is 2.47. The highest BCUT2D eigenvalue weighted by molar-refractivity contribution is 5.85. The fourth-order valence-electron chi connectivity index (χ4n) is 2.24. The molecule has 0 bridgehead atoms. The first kappa shape index (κ1) is 16.7. The van der Waals surface area contributed by atoms with Crippen LogP contribution in [-0.2, 0) is 12.8 Å². The molecule has 0 aromatic heterocycles. The molecule has 20 heavy (non-hydrogen) atoms. The third-order valence-electron chi connectivity index (χ3n) is 3.46. The van der Waals surface area contributed by atoms with E-state index in [2.05, 4.69) is 72.9 Å². The van der Waals surface area contributed by atoms with Crippen molar-refractivity contribution in [2.45, 2.75) is 32.2 Å². The molecule has 1 unspecified atom stereocenters. The van der Waals surface area contributed by atoms with E-state index in [1.54, 1.807) is 0 Å². The van der Waals surface area contributed by atoms with Crippen LogP contribution in [0.4, 0.5) is 0 Å². The minimum atomic E-state index is 0. The molecular weight excluding hydrogens is 266 g/mol. The second-order valence-electron chi connectivity index (χ2n) is 5.12. The summed E-state index contributed by atoms with van der Waals surface area (Å²) in [5.41, 5.74) is 2.84. The lowest BCUT2D eigenvalue weighted by Crippen LogP contribution is -2.28. The third-order valence-corrected chi connectivity index (χ3v) is 3.46. The Morgan fingerprint density at radius 2 is 1.30 bits per heavy atom. The smallest absolute Gasteiger partial charge is 0.00420 e. The van der Waals surface area contributed by atoms with E-state index in [1.807, 2.05) is 0 Å². The van der Waals surface area contributed by atoms with Gasteiger partial charge in [0.2, 0.25) is 0 Å².